The highest BCUT2D eigenvalue weighted by atomic mass is 16.5. The second kappa shape index (κ2) is 6.15. The minimum atomic E-state index is 0.241. The van der Waals surface area contributed by atoms with Gasteiger partial charge in [-0.2, -0.15) is 0 Å². The average Bonchev–Trinajstić information content (AvgIpc) is 3.37. The van der Waals surface area contributed by atoms with Gasteiger partial charge in [-0.25, -0.2) is 0 Å². The first-order valence-corrected chi connectivity index (χ1v) is 7.89. The van der Waals surface area contributed by atoms with Gasteiger partial charge in [0.15, 0.2) is 0 Å². The van der Waals surface area contributed by atoms with Gasteiger partial charge in [0.05, 0.1) is 7.11 Å². The summed E-state index contributed by atoms with van der Waals surface area (Å²) in [5.74, 6) is 3.76. The Hall–Kier alpha value is -1.06. The molecule has 0 aliphatic heterocycles. The highest BCUT2D eigenvalue weighted by Gasteiger charge is 2.41. The van der Waals surface area contributed by atoms with Crippen LogP contribution in [0.4, 0.5) is 0 Å². The fourth-order valence-corrected chi connectivity index (χ4v) is 3.24. The van der Waals surface area contributed by atoms with Gasteiger partial charge in [-0.3, -0.25) is 0 Å². The number of nitrogens with one attached hydrogen (secondary N) is 1. The van der Waals surface area contributed by atoms with Crippen LogP contribution in [0.15, 0.2) is 24.3 Å². The number of methoxy groups -OCH3 is 1. The van der Waals surface area contributed by atoms with Gasteiger partial charge < -0.3 is 15.8 Å². The third kappa shape index (κ3) is 3.33. The van der Waals surface area contributed by atoms with Crippen molar-refractivity contribution in [1.29, 1.82) is 0 Å². The van der Waals surface area contributed by atoms with Crippen molar-refractivity contribution >= 4 is 0 Å². The number of ether oxygens (including phenoxy) is 1. The van der Waals surface area contributed by atoms with Crippen LogP contribution >= 0.6 is 0 Å². The van der Waals surface area contributed by atoms with Crippen molar-refractivity contribution in [3.63, 3.8) is 0 Å². The summed E-state index contributed by atoms with van der Waals surface area (Å²) in [6.07, 6.45) is 5.76. The number of hydrogen-bond acceptors (Lipinski definition) is 3. The maximum Gasteiger partial charge on any atom is 0.119 e. The molecule has 1 atom stereocenters. The molecule has 20 heavy (non-hydrogen) atoms. The zero-order chi connectivity index (χ0) is 13.9. The smallest absolute Gasteiger partial charge is 0.119 e. The largest absolute Gasteiger partial charge is 0.497 e. The lowest BCUT2D eigenvalue weighted by Gasteiger charge is -2.22. The van der Waals surface area contributed by atoms with Crippen molar-refractivity contribution in [1.82, 2.24) is 5.32 Å². The van der Waals surface area contributed by atoms with E-state index in [9.17, 15) is 0 Å². The minimum Gasteiger partial charge on any atom is -0.497 e. The first-order valence-electron chi connectivity index (χ1n) is 7.89. The lowest BCUT2D eigenvalue weighted by atomic mass is 9.97. The van der Waals surface area contributed by atoms with Crippen molar-refractivity contribution in [2.45, 2.75) is 31.7 Å². The van der Waals surface area contributed by atoms with Crippen LogP contribution in [0.2, 0.25) is 0 Å². The normalized spacial score (nSPS) is 20.1. The van der Waals surface area contributed by atoms with E-state index in [1.54, 1.807) is 7.11 Å². The van der Waals surface area contributed by atoms with Crippen molar-refractivity contribution in [3.05, 3.63) is 29.8 Å². The zero-order valence-corrected chi connectivity index (χ0v) is 12.3. The highest BCUT2D eigenvalue weighted by Crippen LogP contribution is 2.49. The SMILES string of the molecule is COc1cccc(C(CN)NCC(C2CC2)C2CC2)c1. The molecule has 2 saturated carbocycles. The van der Waals surface area contributed by atoms with E-state index in [1.807, 2.05) is 12.1 Å². The molecule has 0 bridgehead atoms. The summed E-state index contributed by atoms with van der Waals surface area (Å²) >= 11 is 0. The lowest BCUT2D eigenvalue weighted by Crippen LogP contribution is -2.33. The fourth-order valence-electron chi connectivity index (χ4n) is 3.24. The number of nitrogens with two attached hydrogens (primary N) is 1. The van der Waals surface area contributed by atoms with Crippen LogP contribution in [0.5, 0.6) is 5.75 Å². The molecule has 0 saturated heterocycles. The van der Waals surface area contributed by atoms with Crippen molar-refractivity contribution in [2.75, 3.05) is 20.2 Å². The van der Waals surface area contributed by atoms with E-state index in [4.69, 9.17) is 10.5 Å². The number of hydrogen-bond donors (Lipinski definition) is 2. The van der Waals surface area contributed by atoms with Crippen LogP contribution in [-0.2, 0) is 0 Å². The van der Waals surface area contributed by atoms with E-state index in [0.29, 0.717) is 6.54 Å². The van der Waals surface area contributed by atoms with Gasteiger partial charge in [-0.05, 0) is 67.7 Å². The summed E-state index contributed by atoms with van der Waals surface area (Å²) in [5, 5.41) is 3.70. The predicted octanol–water partition coefficient (Wildman–Crippen LogP) is 2.72. The molecule has 0 amide bonds. The van der Waals surface area contributed by atoms with E-state index in [-0.39, 0.29) is 6.04 Å². The molecule has 3 rings (SSSR count). The van der Waals surface area contributed by atoms with Crippen LogP contribution in [0, 0.1) is 17.8 Å². The van der Waals surface area contributed by atoms with Gasteiger partial charge in [0.25, 0.3) is 0 Å². The van der Waals surface area contributed by atoms with Crippen molar-refractivity contribution < 1.29 is 4.74 Å². The van der Waals surface area contributed by atoms with Gasteiger partial charge in [-0.1, -0.05) is 12.1 Å². The molecule has 0 aromatic heterocycles. The van der Waals surface area contributed by atoms with Gasteiger partial charge in [0, 0.05) is 12.6 Å². The van der Waals surface area contributed by atoms with Gasteiger partial charge in [0.1, 0.15) is 5.75 Å². The number of rotatable bonds is 8. The lowest BCUT2D eigenvalue weighted by molar-refractivity contribution is 0.356. The molecule has 3 heteroatoms. The van der Waals surface area contributed by atoms with Crippen LogP contribution < -0.4 is 15.8 Å². The molecule has 3 N–H and O–H groups in total. The molecule has 2 aliphatic rings. The Morgan fingerprint density at radius 3 is 2.50 bits per heavy atom. The van der Waals surface area contributed by atoms with Gasteiger partial charge in [-0.15, -0.1) is 0 Å². The van der Waals surface area contributed by atoms with Crippen LogP contribution in [0.25, 0.3) is 0 Å². The standard InChI is InChI=1S/C17H26N2O/c1-20-15-4-2-3-14(9-15)17(10-18)19-11-16(12-5-6-12)13-7-8-13/h2-4,9,12-13,16-17,19H,5-8,10-11,18H2,1H3. The maximum atomic E-state index is 5.96. The Morgan fingerprint density at radius 1 is 1.25 bits per heavy atom. The predicted molar refractivity (Wildman–Crippen MR) is 81.7 cm³/mol. The summed E-state index contributed by atoms with van der Waals surface area (Å²) in [7, 11) is 1.71. The van der Waals surface area contributed by atoms with E-state index in [1.165, 1.54) is 31.2 Å². The first-order chi connectivity index (χ1) is 9.81. The molecular weight excluding hydrogens is 248 g/mol. The summed E-state index contributed by atoms with van der Waals surface area (Å²) < 4.78 is 5.30. The minimum absolute atomic E-state index is 0.241. The molecule has 2 aliphatic carbocycles. The van der Waals surface area contributed by atoms with E-state index >= 15 is 0 Å². The maximum absolute atomic E-state index is 5.96. The zero-order valence-electron chi connectivity index (χ0n) is 12.3. The van der Waals surface area contributed by atoms with Crippen molar-refractivity contribution in [2.24, 2.45) is 23.5 Å². The number of benzene rings is 1. The molecule has 2 fully saturated rings. The summed E-state index contributed by atoms with van der Waals surface area (Å²) in [5.41, 5.74) is 7.20. The molecule has 110 valence electrons. The highest BCUT2D eigenvalue weighted by molar-refractivity contribution is 5.30. The van der Waals surface area contributed by atoms with E-state index in [0.717, 1.165) is 30.0 Å². The Morgan fingerprint density at radius 2 is 1.95 bits per heavy atom. The van der Waals surface area contributed by atoms with Crippen LogP contribution in [-0.4, -0.2) is 20.2 Å². The molecular formula is C17H26N2O. The van der Waals surface area contributed by atoms with E-state index < -0.39 is 0 Å². The third-order valence-electron chi connectivity index (χ3n) is 4.79. The van der Waals surface area contributed by atoms with Crippen LogP contribution in [0.1, 0.15) is 37.3 Å². The summed E-state index contributed by atoms with van der Waals surface area (Å²) in [4.78, 5) is 0. The Bertz CT molecular complexity index is 428. The van der Waals surface area contributed by atoms with Gasteiger partial charge in [0.2, 0.25) is 0 Å². The monoisotopic (exact) mass is 274 g/mol. The second-order valence-corrected chi connectivity index (χ2v) is 6.31. The second-order valence-electron chi connectivity index (χ2n) is 6.31. The third-order valence-corrected chi connectivity index (χ3v) is 4.79. The molecule has 0 heterocycles. The quantitative estimate of drug-likeness (QED) is 0.766. The topological polar surface area (TPSA) is 47.3 Å². The molecule has 1 unspecified atom stereocenters. The molecule has 1 aromatic carbocycles. The Balaban J connectivity index is 1.60. The summed E-state index contributed by atoms with van der Waals surface area (Å²) in [6.45, 7) is 1.75. The van der Waals surface area contributed by atoms with Crippen LogP contribution in [0.3, 0.4) is 0 Å². The Kier molecular flexibility index (Phi) is 4.27. The molecule has 0 radical (unpaired) electrons. The summed E-state index contributed by atoms with van der Waals surface area (Å²) in [6, 6.07) is 8.49. The molecule has 0 spiro atoms. The van der Waals surface area contributed by atoms with Crippen molar-refractivity contribution in [3.8, 4) is 5.75 Å². The molecule has 1 aromatic rings. The van der Waals surface area contributed by atoms with E-state index in [2.05, 4.69) is 17.4 Å². The fraction of sp³-hybridized carbons (Fsp3) is 0.647. The van der Waals surface area contributed by atoms with Gasteiger partial charge >= 0.3 is 0 Å². The average molecular weight is 274 g/mol. The first kappa shape index (κ1) is 13.9. The molecule has 3 nitrogen and oxygen atoms in total. The Labute approximate surface area is 121 Å².